The summed E-state index contributed by atoms with van der Waals surface area (Å²) in [6.45, 7) is 2.17. The van der Waals surface area contributed by atoms with E-state index in [1.807, 2.05) is 0 Å². The van der Waals surface area contributed by atoms with E-state index in [-0.39, 0.29) is 0 Å². The predicted octanol–water partition coefficient (Wildman–Crippen LogP) is 1.39. The van der Waals surface area contributed by atoms with Crippen LogP contribution in [0.2, 0.25) is 0 Å². The van der Waals surface area contributed by atoms with E-state index in [2.05, 4.69) is 17.0 Å². The van der Waals surface area contributed by atoms with Crippen molar-refractivity contribution in [1.29, 1.82) is 0 Å². The molecule has 3 N–H and O–H groups in total. The van der Waals surface area contributed by atoms with Gasteiger partial charge < -0.3 is 5.84 Å². The van der Waals surface area contributed by atoms with Gasteiger partial charge >= 0.3 is 0 Å². The van der Waals surface area contributed by atoms with E-state index in [0.29, 0.717) is 4.77 Å². The van der Waals surface area contributed by atoms with Gasteiger partial charge in [-0.1, -0.05) is 19.8 Å². The van der Waals surface area contributed by atoms with Crippen LogP contribution < -0.4 is 5.84 Å². The van der Waals surface area contributed by atoms with Crippen LogP contribution in [0.4, 0.5) is 0 Å². The molecule has 5 heteroatoms. The Bertz CT molecular complexity index is 288. The fourth-order valence-electron chi connectivity index (χ4n) is 1.04. The van der Waals surface area contributed by atoms with Gasteiger partial charge in [-0.2, -0.15) is 4.79 Å². The number of rotatable bonds is 4. The van der Waals surface area contributed by atoms with E-state index >= 15 is 0 Å². The first-order valence-electron chi connectivity index (χ1n) is 4.17. The van der Waals surface area contributed by atoms with Gasteiger partial charge in [0, 0.05) is 6.42 Å². The van der Waals surface area contributed by atoms with Gasteiger partial charge in [-0.25, -0.2) is 4.98 Å². The molecular formula is C7H14N4S. The molecule has 1 rings (SSSR count). The fraction of sp³-hybridized carbons (Fsp3) is 0.714. The Hall–Kier alpha value is -0.840. The minimum Gasteiger partial charge on any atom is -0.322 e. The zero-order valence-corrected chi connectivity index (χ0v) is 8.02. The maximum absolute atomic E-state index is 5.44. The quantitative estimate of drug-likeness (QED) is 0.424. The highest BCUT2D eigenvalue weighted by Gasteiger charge is 1.98. The van der Waals surface area contributed by atoms with Crippen LogP contribution in [0.15, 0.2) is 0 Å². The third-order valence-electron chi connectivity index (χ3n) is 1.70. The number of nitrogens with two attached hydrogens (primary N) is 1. The lowest BCUT2D eigenvalue weighted by atomic mass is 10.2. The molecule has 0 aromatic carbocycles. The van der Waals surface area contributed by atoms with E-state index in [0.717, 1.165) is 18.7 Å². The molecule has 0 spiro atoms. The number of hydrogen-bond donors (Lipinski definition) is 2. The highest BCUT2D eigenvalue weighted by atomic mass is 32.1. The Morgan fingerprint density at radius 1 is 1.58 bits per heavy atom. The van der Waals surface area contributed by atoms with Crippen LogP contribution in [0, 0.1) is 4.77 Å². The van der Waals surface area contributed by atoms with Crippen molar-refractivity contribution in [2.24, 2.45) is 0 Å². The molecule has 0 fully saturated rings. The van der Waals surface area contributed by atoms with Gasteiger partial charge in [-0.15, -0.1) is 0 Å². The Morgan fingerprint density at radius 2 is 2.33 bits per heavy atom. The van der Waals surface area contributed by atoms with E-state index in [4.69, 9.17) is 18.1 Å². The average molecular weight is 186 g/mol. The van der Waals surface area contributed by atoms with E-state index in [1.165, 1.54) is 17.6 Å². The number of aryl methyl sites for hydroxylation is 1. The second-order valence-electron chi connectivity index (χ2n) is 2.78. The molecule has 0 saturated carbocycles. The number of H-pyrrole nitrogens is 1. The highest BCUT2D eigenvalue weighted by molar-refractivity contribution is 7.71. The molecule has 0 saturated heterocycles. The molecule has 12 heavy (non-hydrogen) atoms. The van der Waals surface area contributed by atoms with Gasteiger partial charge in [0.05, 0.1) is 0 Å². The monoisotopic (exact) mass is 186 g/mol. The van der Waals surface area contributed by atoms with Crippen molar-refractivity contribution in [3.05, 3.63) is 10.6 Å². The van der Waals surface area contributed by atoms with E-state index in [1.54, 1.807) is 0 Å². The first kappa shape index (κ1) is 9.25. The van der Waals surface area contributed by atoms with Gasteiger partial charge in [-0.3, -0.25) is 5.10 Å². The number of hydrogen-bond acceptors (Lipinski definition) is 3. The minimum absolute atomic E-state index is 0.418. The summed E-state index contributed by atoms with van der Waals surface area (Å²) in [4.78, 5) is 5.35. The lowest BCUT2D eigenvalue weighted by Crippen LogP contribution is -2.10. The van der Waals surface area contributed by atoms with Gasteiger partial charge in [-0.05, 0) is 18.6 Å². The molecule has 0 amide bonds. The van der Waals surface area contributed by atoms with Gasteiger partial charge in [0.1, 0.15) is 5.82 Å². The summed E-state index contributed by atoms with van der Waals surface area (Å²) < 4.78 is 0.418. The van der Waals surface area contributed by atoms with Crippen LogP contribution in [0.5, 0.6) is 0 Å². The predicted molar refractivity (Wildman–Crippen MR) is 50.8 cm³/mol. The SMILES string of the molecule is CCCCCc1nc(=S)n(N)[nH]1. The summed E-state index contributed by atoms with van der Waals surface area (Å²) in [5, 5.41) is 2.88. The lowest BCUT2D eigenvalue weighted by Gasteiger charge is -1.93. The molecule has 0 atom stereocenters. The number of nitrogens with zero attached hydrogens (tertiary/aromatic N) is 2. The molecule has 1 aromatic heterocycles. The van der Waals surface area contributed by atoms with E-state index < -0.39 is 0 Å². The van der Waals surface area contributed by atoms with Gasteiger partial charge in [0.2, 0.25) is 4.77 Å². The number of nitrogens with one attached hydrogen (secondary N) is 1. The first-order valence-corrected chi connectivity index (χ1v) is 4.58. The Labute approximate surface area is 76.8 Å². The Morgan fingerprint density at radius 3 is 2.83 bits per heavy atom. The van der Waals surface area contributed by atoms with Crippen molar-refractivity contribution in [2.45, 2.75) is 32.6 Å². The van der Waals surface area contributed by atoms with Gasteiger partial charge in [0.25, 0.3) is 0 Å². The topological polar surface area (TPSA) is 59.6 Å². The zero-order valence-electron chi connectivity index (χ0n) is 7.21. The zero-order chi connectivity index (χ0) is 8.97. The summed E-state index contributed by atoms with van der Waals surface area (Å²) in [7, 11) is 0. The molecule has 0 radical (unpaired) electrons. The molecule has 1 aromatic rings. The number of nitrogen functional groups attached to an aromatic ring is 1. The van der Waals surface area contributed by atoms with Crippen molar-refractivity contribution in [1.82, 2.24) is 14.9 Å². The van der Waals surface area contributed by atoms with Crippen molar-refractivity contribution in [3.63, 3.8) is 0 Å². The van der Waals surface area contributed by atoms with Crippen LogP contribution in [-0.2, 0) is 6.42 Å². The molecule has 0 aliphatic carbocycles. The number of aromatic nitrogens is 3. The molecule has 1 heterocycles. The third kappa shape index (κ3) is 2.34. The van der Waals surface area contributed by atoms with Crippen molar-refractivity contribution >= 4 is 12.2 Å². The smallest absolute Gasteiger partial charge is 0.236 e. The second kappa shape index (κ2) is 4.25. The van der Waals surface area contributed by atoms with Crippen LogP contribution in [-0.4, -0.2) is 14.9 Å². The average Bonchev–Trinajstić information content (AvgIpc) is 2.32. The third-order valence-corrected chi connectivity index (χ3v) is 1.99. The maximum Gasteiger partial charge on any atom is 0.236 e. The molecular weight excluding hydrogens is 172 g/mol. The van der Waals surface area contributed by atoms with Crippen molar-refractivity contribution in [2.75, 3.05) is 5.84 Å². The summed E-state index contributed by atoms with van der Waals surface area (Å²) in [6, 6.07) is 0. The largest absolute Gasteiger partial charge is 0.322 e. The summed E-state index contributed by atoms with van der Waals surface area (Å²) in [5.41, 5.74) is 0. The van der Waals surface area contributed by atoms with Crippen molar-refractivity contribution in [3.8, 4) is 0 Å². The molecule has 0 bridgehead atoms. The maximum atomic E-state index is 5.44. The van der Waals surface area contributed by atoms with Crippen molar-refractivity contribution < 1.29 is 0 Å². The molecule has 0 aliphatic heterocycles. The summed E-state index contributed by atoms with van der Waals surface area (Å²) in [6.07, 6.45) is 4.50. The van der Waals surface area contributed by atoms with Crippen LogP contribution in [0.25, 0.3) is 0 Å². The van der Waals surface area contributed by atoms with Crippen LogP contribution >= 0.6 is 12.2 Å². The molecule has 0 aliphatic rings. The summed E-state index contributed by atoms with van der Waals surface area (Å²) in [5.74, 6) is 6.32. The molecule has 4 nitrogen and oxygen atoms in total. The van der Waals surface area contributed by atoms with E-state index in [9.17, 15) is 0 Å². The standard InChI is InChI=1S/C7H14N4S/c1-2-3-4-5-6-9-7(12)11(8)10-6/h2-5,8H2,1H3,(H,9,10,12). The normalized spacial score (nSPS) is 10.4. The highest BCUT2D eigenvalue weighted by Crippen LogP contribution is 2.00. The minimum atomic E-state index is 0.418. The summed E-state index contributed by atoms with van der Waals surface area (Å²) >= 11 is 4.85. The number of aromatic amines is 1. The fourth-order valence-corrected chi connectivity index (χ4v) is 1.19. The van der Waals surface area contributed by atoms with Crippen LogP contribution in [0.1, 0.15) is 32.0 Å². The lowest BCUT2D eigenvalue weighted by molar-refractivity contribution is 0.686. The van der Waals surface area contributed by atoms with Gasteiger partial charge in [0.15, 0.2) is 0 Å². The second-order valence-corrected chi connectivity index (χ2v) is 3.15. The molecule has 68 valence electrons. The molecule has 0 unspecified atom stereocenters. The number of unbranched alkanes of at least 4 members (excludes halogenated alkanes) is 2. The first-order chi connectivity index (χ1) is 5.74. The van der Waals surface area contributed by atoms with Crippen LogP contribution in [0.3, 0.4) is 0 Å². The Balaban J connectivity index is 2.47. The Kier molecular flexibility index (Phi) is 3.28.